The number of benzene rings is 2. The van der Waals surface area contributed by atoms with Crippen molar-refractivity contribution in [2.75, 3.05) is 0 Å². The lowest BCUT2D eigenvalue weighted by Gasteiger charge is -2.08. The number of rotatable bonds is 7. The molecule has 2 aromatic heterocycles. The lowest BCUT2D eigenvalue weighted by molar-refractivity contribution is 0.0944. The van der Waals surface area contributed by atoms with Crippen LogP contribution in [0.25, 0.3) is 5.69 Å². The molecule has 2 heterocycles. The maximum atomic E-state index is 13.3. The van der Waals surface area contributed by atoms with E-state index in [2.05, 4.69) is 15.4 Å². The third-order valence-corrected chi connectivity index (χ3v) is 5.72. The van der Waals surface area contributed by atoms with Gasteiger partial charge in [0.1, 0.15) is 18.2 Å². The van der Waals surface area contributed by atoms with Crippen LogP contribution in [0, 0.1) is 5.82 Å². The number of nitrogens with one attached hydrogen (secondary N) is 1. The predicted molar refractivity (Wildman–Crippen MR) is 122 cm³/mol. The van der Waals surface area contributed by atoms with Gasteiger partial charge in [-0.15, -0.1) is 0 Å². The zero-order valence-electron chi connectivity index (χ0n) is 18.0. The molecule has 7 heteroatoms. The summed E-state index contributed by atoms with van der Waals surface area (Å²) < 4.78 is 20.9. The molecule has 0 saturated carbocycles. The minimum atomic E-state index is -0.297. The van der Waals surface area contributed by atoms with Gasteiger partial charge in [0.15, 0.2) is 5.69 Å². The molecule has 33 heavy (non-hydrogen) atoms. The Morgan fingerprint density at radius 2 is 1.85 bits per heavy atom. The van der Waals surface area contributed by atoms with E-state index in [0.717, 1.165) is 53.1 Å². The summed E-state index contributed by atoms with van der Waals surface area (Å²) in [6.45, 7) is 0.839. The lowest BCUT2D eigenvalue weighted by atomic mass is 10.1. The van der Waals surface area contributed by atoms with Crippen LogP contribution < -0.4 is 10.1 Å². The number of nitrogens with zero attached hydrogens (tertiary/aromatic N) is 3. The number of amides is 1. The van der Waals surface area contributed by atoms with Gasteiger partial charge in [0.2, 0.25) is 0 Å². The average molecular weight is 442 g/mol. The third-order valence-electron chi connectivity index (χ3n) is 5.72. The number of ether oxygens (including phenoxy) is 1. The molecule has 1 amide bonds. The molecular weight excluding hydrogens is 419 g/mol. The topological polar surface area (TPSA) is 69.0 Å². The van der Waals surface area contributed by atoms with Crippen molar-refractivity contribution in [3.8, 4) is 11.4 Å². The molecule has 2 aromatic carbocycles. The normalized spacial score (nSPS) is 12.4. The Kier molecular flexibility index (Phi) is 5.85. The fourth-order valence-corrected chi connectivity index (χ4v) is 4.04. The second kappa shape index (κ2) is 9.24. The van der Waals surface area contributed by atoms with Crippen molar-refractivity contribution in [2.45, 2.75) is 32.4 Å². The molecule has 0 spiro atoms. The summed E-state index contributed by atoms with van der Waals surface area (Å²) in [5, 5.41) is 7.54. The SMILES string of the molecule is O=C(NCc1ccc(OCc2cccnc2)cc1)c1nn(-c2ccc(F)cc2)c2c1CCC2. The Labute approximate surface area is 191 Å². The molecule has 1 N–H and O–H groups in total. The summed E-state index contributed by atoms with van der Waals surface area (Å²) in [6.07, 6.45) is 6.16. The summed E-state index contributed by atoms with van der Waals surface area (Å²) in [6, 6.07) is 17.7. The van der Waals surface area contributed by atoms with Gasteiger partial charge in [-0.3, -0.25) is 9.78 Å². The van der Waals surface area contributed by atoms with Crippen LogP contribution in [0.3, 0.4) is 0 Å². The standard InChI is InChI=1S/C26H23FN4O2/c27-20-8-10-21(11-9-20)31-24-5-1-4-23(24)25(30-31)26(32)29-16-18-6-12-22(13-7-18)33-17-19-3-2-14-28-15-19/h2-3,6-15H,1,4-5,16-17H2,(H,29,32). The van der Waals surface area contributed by atoms with E-state index in [9.17, 15) is 9.18 Å². The fraction of sp³-hybridized carbons (Fsp3) is 0.192. The highest BCUT2D eigenvalue weighted by molar-refractivity contribution is 5.94. The first-order chi connectivity index (χ1) is 16.2. The van der Waals surface area contributed by atoms with Crippen molar-refractivity contribution in [3.63, 3.8) is 0 Å². The quantitative estimate of drug-likeness (QED) is 0.461. The van der Waals surface area contributed by atoms with Crippen LogP contribution in [0.1, 0.15) is 39.3 Å². The molecule has 5 rings (SSSR count). The highest BCUT2D eigenvalue weighted by Gasteiger charge is 2.26. The van der Waals surface area contributed by atoms with Gasteiger partial charge in [0.25, 0.3) is 5.91 Å². The monoisotopic (exact) mass is 442 g/mol. The maximum Gasteiger partial charge on any atom is 0.272 e. The molecule has 0 radical (unpaired) electrons. The molecule has 0 atom stereocenters. The molecule has 0 unspecified atom stereocenters. The molecule has 1 aliphatic rings. The molecule has 1 aliphatic carbocycles. The van der Waals surface area contributed by atoms with Gasteiger partial charge in [-0.2, -0.15) is 5.10 Å². The molecule has 6 nitrogen and oxygen atoms in total. The Morgan fingerprint density at radius 3 is 2.61 bits per heavy atom. The Hall–Kier alpha value is -4.00. The molecule has 0 fully saturated rings. The second-order valence-electron chi connectivity index (χ2n) is 7.99. The van der Waals surface area contributed by atoms with Crippen molar-refractivity contribution in [1.29, 1.82) is 0 Å². The van der Waals surface area contributed by atoms with Gasteiger partial charge in [-0.1, -0.05) is 18.2 Å². The van der Waals surface area contributed by atoms with Crippen LogP contribution in [-0.4, -0.2) is 20.7 Å². The number of carbonyl (C=O) groups excluding carboxylic acids is 1. The van der Waals surface area contributed by atoms with E-state index in [4.69, 9.17) is 4.74 Å². The summed E-state index contributed by atoms with van der Waals surface area (Å²) in [5.74, 6) is 0.254. The van der Waals surface area contributed by atoms with Crippen LogP contribution in [0.15, 0.2) is 73.1 Å². The molecule has 0 aliphatic heterocycles. The van der Waals surface area contributed by atoms with Gasteiger partial charge in [-0.25, -0.2) is 9.07 Å². The van der Waals surface area contributed by atoms with E-state index in [-0.39, 0.29) is 11.7 Å². The molecule has 4 aromatic rings. The second-order valence-corrected chi connectivity index (χ2v) is 7.99. The summed E-state index contributed by atoms with van der Waals surface area (Å²) in [5.41, 5.74) is 5.18. The number of pyridine rings is 1. The van der Waals surface area contributed by atoms with Gasteiger partial charge in [-0.05, 0) is 67.3 Å². The first-order valence-corrected chi connectivity index (χ1v) is 10.9. The number of halogens is 1. The predicted octanol–water partition coefficient (Wildman–Crippen LogP) is 4.40. The van der Waals surface area contributed by atoms with Crippen molar-refractivity contribution in [2.24, 2.45) is 0 Å². The number of carbonyl (C=O) groups is 1. The Balaban J connectivity index is 1.23. The minimum absolute atomic E-state index is 0.203. The summed E-state index contributed by atoms with van der Waals surface area (Å²) >= 11 is 0. The van der Waals surface area contributed by atoms with Crippen molar-refractivity contribution >= 4 is 5.91 Å². The van der Waals surface area contributed by atoms with Crippen LogP contribution in [-0.2, 0) is 26.0 Å². The molecular formula is C26H23FN4O2. The zero-order valence-corrected chi connectivity index (χ0v) is 18.0. The zero-order chi connectivity index (χ0) is 22.6. The van der Waals surface area contributed by atoms with Gasteiger partial charge < -0.3 is 10.1 Å². The first-order valence-electron chi connectivity index (χ1n) is 10.9. The average Bonchev–Trinajstić information content (AvgIpc) is 3.46. The van der Waals surface area contributed by atoms with E-state index < -0.39 is 0 Å². The minimum Gasteiger partial charge on any atom is -0.489 e. The molecule has 0 bridgehead atoms. The third kappa shape index (κ3) is 4.62. The van der Waals surface area contributed by atoms with E-state index in [0.29, 0.717) is 18.8 Å². The largest absolute Gasteiger partial charge is 0.489 e. The van der Waals surface area contributed by atoms with E-state index in [1.165, 1.54) is 12.1 Å². The number of aromatic nitrogens is 3. The van der Waals surface area contributed by atoms with Crippen molar-refractivity contribution in [1.82, 2.24) is 20.1 Å². The highest BCUT2D eigenvalue weighted by Crippen LogP contribution is 2.28. The summed E-state index contributed by atoms with van der Waals surface area (Å²) in [7, 11) is 0. The van der Waals surface area contributed by atoms with Gasteiger partial charge in [0, 0.05) is 35.8 Å². The maximum absolute atomic E-state index is 13.3. The van der Waals surface area contributed by atoms with E-state index in [1.54, 1.807) is 29.2 Å². The number of fused-ring (bicyclic) bond motifs is 1. The Bertz CT molecular complexity index is 1250. The van der Waals surface area contributed by atoms with Gasteiger partial charge >= 0.3 is 0 Å². The summed E-state index contributed by atoms with van der Waals surface area (Å²) in [4.78, 5) is 17.0. The fourth-order valence-electron chi connectivity index (χ4n) is 4.04. The molecule has 166 valence electrons. The van der Waals surface area contributed by atoms with Crippen LogP contribution >= 0.6 is 0 Å². The van der Waals surface area contributed by atoms with Crippen LogP contribution in [0.4, 0.5) is 4.39 Å². The number of hydrogen-bond donors (Lipinski definition) is 1. The van der Waals surface area contributed by atoms with Crippen LogP contribution in [0.5, 0.6) is 5.75 Å². The first kappa shape index (κ1) is 20.9. The highest BCUT2D eigenvalue weighted by atomic mass is 19.1. The Morgan fingerprint density at radius 1 is 1.03 bits per heavy atom. The van der Waals surface area contributed by atoms with Crippen LogP contribution in [0.2, 0.25) is 0 Å². The van der Waals surface area contributed by atoms with Gasteiger partial charge in [0.05, 0.1) is 5.69 Å². The van der Waals surface area contributed by atoms with Crippen molar-refractivity contribution in [3.05, 3.63) is 107 Å². The molecule has 0 saturated heterocycles. The van der Waals surface area contributed by atoms with E-state index in [1.807, 2.05) is 36.4 Å². The smallest absolute Gasteiger partial charge is 0.272 e. The number of hydrogen-bond acceptors (Lipinski definition) is 4. The van der Waals surface area contributed by atoms with Crippen molar-refractivity contribution < 1.29 is 13.9 Å². The lowest BCUT2D eigenvalue weighted by Crippen LogP contribution is -2.24. The van der Waals surface area contributed by atoms with E-state index >= 15 is 0 Å².